The highest BCUT2D eigenvalue weighted by atomic mass is 16.2. The van der Waals surface area contributed by atoms with Gasteiger partial charge < -0.3 is 15.1 Å². The van der Waals surface area contributed by atoms with E-state index in [0.29, 0.717) is 13.0 Å². The van der Waals surface area contributed by atoms with E-state index in [9.17, 15) is 9.59 Å². The summed E-state index contributed by atoms with van der Waals surface area (Å²) in [5.74, 6) is -0.109. The van der Waals surface area contributed by atoms with E-state index in [1.807, 2.05) is 37.2 Å². The van der Waals surface area contributed by atoms with Crippen molar-refractivity contribution in [2.45, 2.75) is 19.3 Å². The molecule has 1 aliphatic heterocycles. The third-order valence-corrected chi connectivity index (χ3v) is 4.68. The molecular formula is C18H25N3O2. The second-order valence-electron chi connectivity index (χ2n) is 6.77. The zero-order valence-electron chi connectivity index (χ0n) is 13.9. The van der Waals surface area contributed by atoms with Crippen LogP contribution in [0.4, 0.5) is 5.69 Å². The number of nitrogens with one attached hydrogen (secondary N) is 1. The number of fused-ring (bicyclic) bond motifs is 1. The highest BCUT2D eigenvalue weighted by Crippen LogP contribution is 2.42. The molecule has 3 rings (SSSR count). The molecule has 124 valence electrons. The van der Waals surface area contributed by atoms with E-state index in [1.54, 1.807) is 0 Å². The Labute approximate surface area is 137 Å². The van der Waals surface area contributed by atoms with Gasteiger partial charge in [0.05, 0.1) is 11.8 Å². The van der Waals surface area contributed by atoms with Gasteiger partial charge in [-0.1, -0.05) is 18.2 Å². The molecule has 23 heavy (non-hydrogen) atoms. The Morgan fingerprint density at radius 2 is 2.04 bits per heavy atom. The number of carbonyl (C=O) groups excluding carboxylic acids is 2. The van der Waals surface area contributed by atoms with Crippen molar-refractivity contribution in [2.75, 3.05) is 38.6 Å². The van der Waals surface area contributed by atoms with Crippen LogP contribution in [0.5, 0.6) is 0 Å². The molecule has 0 radical (unpaired) electrons. The van der Waals surface area contributed by atoms with E-state index in [0.717, 1.165) is 31.6 Å². The highest BCUT2D eigenvalue weighted by Gasteiger charge is 2.50. The fourth-order valence-electron chi connectivity index (χ4n) is 3.26. The van der Waals surface area contributed by atoms with Crippen molar-refractivity contribution in [2.24, 2.45) is 11.8 Å². The number of rotatable bonds is 6. The molecule has 5 heteroatoms. The second kappa shape index (κ2) is 6.71. The maximum Gasteiger partial charge on any atom is 0.230 e. The molecule has 0 spiro atoms. The van der Waals surface area contributed by atoms with Gasteiger partial charge in [0.25, 0.3) is 0 Å². The molecular weight excluding hydrogens is 290 g/mol. The molecule has 5 nitrogen and oxygen atoms in total. The van der Waals surface area contributed by atoms with E-state index in [-0.39, 0.29) is 23.7 Å². The number of anilines is 1. The molecule has 2 unspecified atom stereocenters. The summed E-state index contributed by atoms with van der Waals surface area (Å²) in [6, 6.07) is 8.05. The third-order valence-electron chi connectivity index (χ3n) is 4.68. The zero-order chi connectivity index (χ0) is 16.4. The van der Waals surface area contributed by atoms with Crippen LogP contribution in [0.3, 0.4) is 0 Å². The van der Waals surface area contributed by atoms with Gasteiger partial charge in [-0.25, -0.2) is 0 Å². The Morgan fingerprint density at radius 3 is 2.83 bits per heavy atom. The van der Waals surface area contributed by atoms with Crippen LogP contribution in [0.2, 0.25) is 0 Å². The molecule has 1 aliphatic carbocycles. The summed E-state index contributed by atoms with van der Waals surface area (Å²) in [7, 11) is 4.04. The maximum absolute atomic E-state index is 12.6. The van der Waals surface area contributed by atoms with E-state index in [1.165, 1.54) is 5.56 Å². The normalized spacial score (nSPS) is 22.1. The van der Waals surface area contributed by atoms with E-state index >= 15 is 0 Å². The SMILES string of the molecule is CN(C)CCCNC(=O)C1CC1C(=O)N1CCc2ccccc21. The van der Waals surface area contributed by atoms with Crippen molar-refractivity contribution in [3.05, 3.63) is 29.8 Å². The van der Waals surface area contributed by atoms with E-state index in [4.69, 9.17) is 0 Å². The Bertz CT molecular complexity index is 600. The first-order valence-corrected chi connectivity index (χ1v) is 8.39. The maximum atomic E-state index is 12.6. The van der Waals surface area contributed by atoms with Crippen LogP contribution in [0.1, 0.15) is 18.4 Å². The summed E-state index contributed by atoms with van der Waals surface area (Å²) in [4.78, 5) is 28.7. The van der Waals surface area contributed by atoms with Crippen LogP contribution in [0.15, 0.2) is 24.3 Å². The van der Waals surface area contributed by atoms with Crippen LogP contribution in [0.25, 0.3) is 0 Å². The molecule has 0 bridgehead atoms. The van der Waals surface area contributed by atoms with Gasteiger partial charge in [-0.15, -0.1) is 0 Å². The summed E-state index contributed by atoms with van der Waals surface area (Å²) < 4.78 is 0. The highest BCUT2D eigenvalue weighted by molar-refractivity contribution is 6.02. The Balaban J connectivity index is 1.49. The van der Waals surface area contributed by atoms with Crippen molar-refractivity contribution in [3.8, 4) is 0 Å². The third kappa shape index (κ3) is 3.55. The lowest BCUT2D eigenvalue weighted by Gasteiger charge is -2.17. The standard InChI is InChI=1S/C18H25N3O2/c1-20(2)10-5-9-19-17(22)14-12-15(14)18(23)21-11-8-13-6-3-4-7-16(13)21/h3-4,6-7,14-15H,5,8-12H2,1-2H3,(H,19,22). The number of benzene rings is 1. The molecule has 2 atom stereocenters. The van der Waals surface area contributed by atoms with Crippen LogP contribution < -0.4 is 10.2 Å². The van der Waals surface area contributed by atoms with Crippen LogP contribution >= 0.6 is 0 Å². The first-order chi connectivity index (χ1) is 11.1. The number of para-hydroxylation sites is 1. The van der Waals surface area contributed by atoms with Crippen LogP contribution in [-0.2, 0) is 16.0 Å². The number of carbonyl (C=O) groups is 2. The molecule has 0 saturated heterocycles. The fourth-order valence-corrected chi connectivity index (χ4v) is 3.26. The van der Waals surface area contributed by atoms with Crippen LogP contribution in [-0.4, -0.2) is 50.4 Å². The topological polar surface area (TPSA) is 52.7 Å². The predicted octanol–water partition coefficient (Wildman–Crippen LogP) is 1.28. The number of nitrogens with zero attached hydrogens (tertiary/aromatic N) is 2. The summed E-state index contributed by atoms with van der Waals surface area (Å²) >= 11 is 0. The van der Waals surface area contributed by atoms with Crippen molar-refractivity contribution in [1.82, 2.24) is 10.2 Å². The lowest BCUT2D eigenvalue weighted by atomic mass is 10.2. The molecule has 2 aliphatic rings. The van der Waals surface area contributed by atoms with Gasteiger partial charge in [0.15, 0.2) is 0 Å². The van der Waals surface area contributed by atoms with Crippen molar-refractivity contribution >= 4 is 17.5 Å². The monoisotopic (exact) mass is 315 g/mol. The van der Waals surface area contributed by atoms with Crippen LogP contribution in [0, 0.1) is 11.8 Å². The van der Waals surface area contributed by atoms with Crippen molar-refractivity contribution in [3.63, 3.8) is 0 Å². The summed E-state index contributed by atoms with van der Waals surface area (Å²) in [6.45, 7) is 2.38. The Hall–Kier alpha value is -1.88. The van der Waals surface area contributed by atoms with Gasteiger partial charge in [0, 0.05) is 18.8 Å². The van der Waals surface area contributed by atoms with E-state index < -0.39 is 0 Å². The average Bonchev–Trinajstić information content (AvgIpc) is 3.23. The number of hydrogen-bond donors (Lipinski definition) is 1. The smallest absolute Gasteiger partial charge is 0.230 e. The predicted molar refractivity (Wildman–Crippen MR) is 90.3 cm³/mol. The first-order valence-electron chi connectivity index (χ1n) is 8.39. The van der Waals surface area contributed by atoms with Gasteiger partial charge in [0.2, 0.25) is 11.8 Å². The molecule has 1 N–H and O–H groups in total. The summed E-state index contributed by atoms with van der Waals surface area (Å²) in [5.41, 5.74) is 2.25. The van der Waals surface area contributed by atoms with Gasteiger partial charge >= 0.3 is 0 Å². The number of amides is 2. The van der Waals surface area contributed by atoms with Gasteiger partial charge in [-0.3, -0.25) is 9.59 Å². The van der Waals surface area contributed by atoms with Crippen molar-refractivity contribution < 1.29 is 9.59 Å². The minimum absolute atomic E-state index is 0.0367. The number of hydrogen-bond acceptors (Lipinski definition) is 3. The lowest BCUT2D eigenvalue weighted by Crippen LogP contribution is -2.33. The minimum atomic E-state index is -0.130. The average molecular weight is 315 g/mol. The minimum Gasteiger partial charge on any atom is -0.356 e. The molecule has 1 aromatic rings. The molecule has 1 saturated carbocycles. The first kappa shape index (κ1) is 16.0. The second-order valence-corrected chi connectivity index (χ2v) is 6.77. The van der Waals surface area contributed by atoms with Gasteiger partial charge in [0.1, 0.15) is 0 Å². The quantitative estimate of drug-likeness (QED) is 0.805. The Morgan fingerprint density at radius 1 is 1.26 bits per heavy atom. The summed E-state index contributed by atoms with van der Waals surface area (Å²) in [5, 5.41) is 2.96. The molecule has 2 amide bonds. The molecule has 1 aromatic carbocycles. The molecule has 1 heterocycles. The van der Waals surface area contributed by atoms with Gasteiger partial charge in [-0.05, 0) is 51.5 Å². The summed E-state index contributed by atoms with van der Waals surface area (Å²) in [6.07, 6.45) is 2.54. The Kier molecular flexibility index (Phi) is 4.66. The zero-order valence-corrected chi connectivity index (χ0v) is 13.9. The van der Waals surface area contributed by atoms with Gasteiger partial charge in [-0.2, -0.15) is 0 Å². The molecule has 1 fully saturated rings. The largest absolute Gasteiger partial charge is 0.356 e. The van der Waals surface area contributed by atoms with Crippen molar-refractivity contribution in [1.29, 1.82) is 0 Å². The lowest BCUT2D eigenvalue weighted by molar-refractivity contribution is -0.126. The fraction of sp³-hybridized carbons (Fsp3) is 0.556. The molecule has 0 aromatic heterocycles. The van der Waals surface area contributed by atoms with E-state index in [2.05, 4.69) is 16.3 Å².